The van der Waals surface area contributed by atoms with E-state index in [-0.39, 0.29) is 11.8 Å². The first-order valence-corrected chi connectivity index (χ1v) is 7.16. The van der Waals surface area contributed by atoms with Gasteiger partial charge in [0.15, 0.2) is 5.82 Å². The standard InChI is InChI=1S/C8H7ClN6O.C7H6/c9-4-1-2-11-5(3-4)6-12-7(15-10)14-8(16)13-6;1-2-7-4-3-6(1)5-7/h1-3H,10H2,(H2,12,13,14,15,16);1-4H,5H2. The third kappa shape index (κ3) is 3.71. The summed E-state index contributed by atoms with van der Waals surface area (Å²) in [6.45, 7) is 0. The molecule has 116 valence electrons. The molecule has 2 aromatic heterocycles. The maximum Gasteiger partial charge on any atom is 0.349 e. The molecular weight excluding hydrogens is 316 g/mol. The lowest BCUT2D eigenvalue weighted by Crippen LogP contribution is -2.19. The number of hydrazine groups is 1. The molecule has 4 rings (SSSR count). The van der Waals surface area contributed by atoms with Crippen LogP contribution in [0.2, 0.25) is 5.02 Å². The Bertz CT molecular complexity index is 864. The molecule has 0 amide bonds. The van der Waals surface area contributed by atoms with Crippen LogP contribution >= 0.6 is 11.6 Å². The number of nitrogens with one attached hydrogen (secondary N) is 2. The first-order valence-electron chi connectivity index (χ1n) is 6.79. The fourth-order valence-electron chi connectivity index (χ4n) is 2.12. The van der Waals surface area contributed by atoms with Crippen LogP contribution in [0.25, 0.3) is 11.5 Å². The highest BCUT2D eigenvalue weighted by atomic mass is 35.5. The molecule has 2 bridgehead atoms. The fraction of sp³-hybridized carbons (Fsp3) is 0.0667. The maximum atomic E-state index is 11.2. The van der Waals surface area contributed by atoms with Crippen molar-refractivity contribution in [2.45, 2.75) is 6.42 Å². The van der Waals surface area contributed by atoms with E-state index in [9.17, 15) is 4.79 Å². The minimum absolute atomic E-state index is 0.0144. The van der Waals surface area contributed by atoms with Gasteiger partial charge in [0.2, 0.25) is 5.95 Å². The third-order valence-electron chi connectivity index (χ3n) is 3.18. The van der Waals surface area contributed by atoms with Gasteiger partial charge in [0.25, 0.3) is 0 Å². The lowest BCUT2D eigenvalue weighted by Gasteiger charge is -2.01. The second-order valence-electron chi connectivity index (χ2n) is 4.82. The SMILES string of the molecule is C1=CC2=CC=C1C2.NNc1nc(-c2cc(Cl)ccn2)[nH]c(=O)n1. The van der Waals surface area contributed by atoms with Gasteiger partial charge in [-0.3, -0.25) is 15.4 Å². The van der Waals surface area contributed by atoms with Crippen molar-refractivity contribution in [2.75, 3.05) is 5.43 Å². The molecule has 0 spiro atoms. The summed E-state index contributed by atoms with van der Waals surface area (Å²) >= 11 is 5.79. The zero-order valence-electron chi connectivity index (χ0n) is 12.0. The molecule has 2 aromatic rings. The number of hydrogen-bond donors (Lipinski definition) is 3. The van der Waals surface area contributed by atoms with Gasteiger partial charge in [-0.15, -0.1) is 0 Å². The summed E-state index contributed by atoms with van der Waals surface area (Å²) < 4.78 is 0. The maximum absolute atomic E-state index is 11.2. The van der Waals surface area contributed by atoms with Gasteiger partial charge < -0.3 is 0 Å². The van der Waals surface area contributed by atoms with Gasteiger partial charge in [-0.2, -0.15) is 9.97 Å². The predicted molar refractivity (Wildman–Crippen MR) is 88.6 cm³/mol. The number of hydrogen-bond acceptors (Lipinski definition) is 6. The molecule has 2 heterocycles. The van der Waals surface area contributed by atoms with Crippen molar-refractivity contribution in [1.29, 1.82) is 0 Å². The van der Waals surface area contributed by atoms with E-state index in [1.807, 2.05) is 0 Å². The number of halogens is 1. The lowest BCUT2D eigenvalue weighted by molar-refractivity contribution is 0.977. The zero-order chi connectivity index (χ0) is 16.2. The van der Waals surface area contributed by atoms with Crippen molar-refractivity contribution in [3.63, 3.8) is 0 Å². The van der Waals surface area contributed by atoms with Gasteiger partial charge in [0.1, 0.15) is 5.69 Å². The molecule has 0 saturated heterocycles. The Balaban J connectivity index is 0.000000183. The summed E-state index contributed by atoms with van der Waals surface area (Å²) in [4.78, 5) is 25.0. The number of H-pyrrole nitrogens is 1. The van der Waals surface area contributed by atoms with E-state index in [1.165, 1.54) is 23.8 Å². The van der Waals surface area contributed by atoms with Crippen LogP contribution in [0, 0.1) is 0 Å². The Kier molecular flexibility index (Phi) is 4.31. The summed E-state index contributed by atoms with van der Waals surface area (Å²) in [6.07, 6.45) is 11.4. The van der Waals surface area contributed by atoms with Gasteiger partial charge in [0, 0.05) is 11.2 Å². The van der Waals surface area contributed by atoms with Crippen LogP contribution in [-0.4, -0.2) is 19.9 Å². The van der Waals surface area contributed by atoms with Crippen LogP contribution in [0.5, 0.6) is 0 Å². The number of aromatic amines is 1. The second-order valence-corrected chi connectivity index (χ2v) is 5.26. The van der Waals surface area contributed by atoms with Crippen molar-refractivity contribution >= 4 is 17.5 Å². The average molecular weight is 329 g/mol. The molecule has 23 heavy (non-hydrogen) atoms. The Morgan fingerprint density at radius 1 is 1.22 bits per heavy atom. The summed E-state index contributed by atoms with van der Waals surface area (Å²) in [5.41, 5.74) is 4.99. The average Bonchev–Trinajstić information content (AvgIpc) is 3.20. The molecule has 0 radical (unpaired) electrons. The number of nitrogens with zero attached hydrogens (tertiary/aromatic N) is 3. The molecule has 7 nitrogen and oxygen atoms in total. The molecule has 2 aliphatic carbocycles. The van der Waals surface area contributed by atoms with E-state index < -0.39 is 5.69 Å². The molecule has 0 aromatic carbocycles. The van der Waals surface area contributed by atoms with Crippen LogP contribution in [0.1, 0.15) is 6.42 Å². The highest BCUT2D eigenvalue weighted by Gasteiger charge is 2.08. The lowest BCUT2D eigenvalue weighted by atomic mass is 10.3. The van der Waals surface area contributed by atoms with Crippen molar-refractivity contribution in [1.82, 2.24) is 19.9 Å². The largest absolute Gasteiger partial charge is 0.349 e. The molecule has 0 unspecified atom stereocenters. The van der Waals surface area contributed by atoms with Gasteiger partial charge in [0.05, 0.1) is 0 Å². The van der Waals surface area contributed by atoms with E-state index in [0.29, 0.717) is 10.7 Å². The molecule has 0 atom stereocenters. The minimum atomic E-state index is -0.570. The van der Waals surface area contributed by atoms with E-state index in [1.54, 1.807) is 12.1 Å². The summed E-state index contributed by atoms with van der Waals surface area (Å²) in [5.74, 6) is 5.38. The second kappa shape index (κ2) is 6.55. The smallest absolute Gasteiger partial charge is 0.292 e. The van der Waals surface area contributed by atoms with Crippen LogP contribution in [0.4, 0.5) is 5.95 Å². The predicted octanol–water partition coefficient (Wildman–Crippen LogP) is 1.98. The Morgan fingerprint density at radius 3 is 2.48 bits per heavy atom. The summed E-state index contributed by atoms with van der Waals surface area (Å²) in [5, 5.41) is 0.492. The molecule has 0 fully saturated rings. The molecule has 2 aliphatic rings. The zero-order valence-corrected chi connectivity index (χ0v) is 12.7. The van der Waals surface area contributed by atoms with Crippen molar-refractivity contribution in [2.24, 2.45) is 5.84 Å². The molecule has 8 heteroatoms. The van der Waals surface area contributed by atoms with E-state index in [4.69, 9.17) is 17.4 Å². The topological polar surface area (TPSA) is 110 Å². The number of fused-ring (bicyclic) bond motifs is 2. The fourth-order valence-corrected chi connectivity index (χ4v) is 2.27. The van der Waals surface area contributed by atoms with Gasteiger partial charge in [-0.25, -0.2) is 10.6 Å². The minimum Gasteiger partial charge on any atom is -0.292 e. The summed E-state index contributed by atoms with van der Waals surface area (Å²) in [6, 6.07) is 3.19. The number of rotatable bonds is 2. The van der Waals surface area contributed by atoms with Crippen molar-refractivity contribution in [3.05, 3.63) is 69.3 Å². The van der Waals surface area contributed by atoms with Crippen molar-refractivity contribution < 1.29 is 0 Å². The Morgan fingerprint density at radius 2 is 1.96 bits per heavy atom. The quantitative estimate of drug-likeness (QED) is 0.574. The molecule has 0 saturated carbocycles. The van der Waals surface area contributed by atoms with Gasteiger partial charge >= 0.3 is 5.69 Å². The first-order chi connectivity index (χ1) is 11.1. The number of anilines is 1. The molecular formula is C15H13ClN6O. The number of allylic oxidation sites excluding steroid dienone is 6. The van der Waals surface area contributed by atoms with Gasteiger partial charge in [-0.05, 0) is 29.7 Å². The van der Waals surface area contributed by atoms with Gasteiger partial charge in [-0.1, -0.05) is 35.9 Å². The number of nitrogens with two attached hydrogens (primary N) is 1. The third-order valence-corrected chi connectivity index (χ3v) is 3.41. The molecule has 0 aliphatic heterocycles. The van der Waals surface area contributed by atoms with E-state index in [2.05, 4.69) is 49.7 Å². The van der Waals surface area contributed by atoms with Crippen LogP contribution in [0.3, 0.4) is 0 Å². The highest BCUT2D eigenvalue weighted by Crippen LogP contribution is 2.27. The monoisotopic (exact) mass is 328 g/mol. The Labute approximate surface area is 136 Å². The normalized spacial score (nSPS) is 14.0. The molecule has 4 N–H and O–H groups in total. The number of nitrogen functional groups attached to an aromatic ring is 1. The summed E-state index contributed by atoms with van der Waals surface area (Å²) in [7, 11) is 0. The van der Waals surface area contributed by atoms with Crippen LogP contribution in [-0.2, 0) is 0 Å². The van der Waals surface area contributed by atoms with Crippen LogP contribution < -0.4 is 17.0 Å². The first kappa shape index (κ1) is 15.1. The number of pyridine rings is 1. The van der Waals surface area contributed by atoms with Crippen LogP contribution in [0.15, 0.2) is 58.6 Å². The van der Waals surface area contributed by atoms with E-state index >= 15 is 0 Å². The highest BCUT2D eigenvalue weighted by molar-refractivity contribution is 6.30. The Hall–Kier alpha value is -2.77. The number of aromatic nitrogens is 4. The van der Waals surface area contributed by atoms with E-state index in [0.717, 1.165) is 0 Å². The van der Waals surface area contributed by atoms with Crippen molar-refractivity contribution in [3.8, 4) is 11.5 Å².